The van der Waals surface area contributed by atoms with Crippen molar-refractivity contribution in [2.24, 2.45) is 5.92 Å². The van der Waals surface area contributed by atoms with Crippen molar-refractivity contribution in [3.05, 3.63) is 42.0 Å². The second-order valence-electron chi connectivity index (χ2n) is 15.4. The van der Waals surface area contributed by atoms with Gasteiger partial charge in [-0.05, 0) is 70.6 Å². The summed E-state index contributed by atoms with van der Waals surface area (Å²) in [4.78, 5) is 40.7. The van der Waals surface area contributed by atoms with Crippen LogP contribution in [0.15, 0.2) is 36.4 Å². The fourth-order valence-corrected chi connectivity index (χ4v) is 6.51. The van der Waals surface area contributed by atoms with E-state index in [-0.39, 0.29) is 19.4 Å². The number of benzene rings is 1. The summed E-state index contributed by atoms with van der Waals surface area (Å²) in [7, 11) is 2.70. The van der Waals surface area contributed by atoms with Crippen molar-refractivity contribution in [3.8, 4) is 5.75 Å². The van der Waals surface area contributed by atoms with Crippen LogP contribution in [0.2, 0.25) is 0 Å². The van der Waals surface area contributed by atoms with Gasteiger partial charge in [-0.15, -0.1) is 0 Å². The first kappa shape index (κ1) is 47.2. The Morgan fingerprint density at radius 1 is 0.870 bits per heavy atom. The zero-order valence-corrected chi connectivity index (χ0v) is 34.4. The first-order valence-corrected chi connectivity index (χ1v) is 20.3. The number of hydrogen-bond donors (Lipinski definition) is 2. The average molecular weight is 762 g/mol. The summed E-state index contributed by atoms with van der Waals surface area (Å²) in [5.41, 5.74) is -2.42. The largest absolute Gasteiger partial charge is 0.494 e. The minimum Gasteiger partial charge on any atom is -0.494 e. The lowest BCUT2D eigenvalue weighted by Gasteiger charge is -2.35. The molecule has 1 unspecified atom stereocenters. The molecule has 1 amide bonds. The van der Waals surface area contributed by atoms with Crippen LogP contribution in [0.4, 0.5) is 0 Å². The highest BCUT2D eigenvalue weighted by atomic mass is 16.7. The van der Waals surface area contributed by atoms with E-state index in [1.165, 1.54) is 39.9 Å². The molecule has 2 rings (SSSR count). The Balaban J connectivity index is 2.15. The number of nitrogens with one attached hydrogen (secondary N) is 1. The van der Waals surface area contributed by atoms with E-state index in [2.05, 4.69) is 19.2 Å². The SMILES string of the molecule is CCCCCCCC1(CCCCCC/C=C/[C@H](C(=O)NC(Cc2ccc(OCCCC)cc2)C(=O)OC)[C@@](O)(CCOC)C(=O)OC(C)(C)C)OCCO1. The monoisotopic (exact) mass is 762 g/mol. The van der Waals surface area contributed by atoms with E-state index in [9.17, 15) is 19.5 Å². The zero-order chi connectivity index (χ0) is 39.9. The molecule has 0 saturated carbocycles. The number of rotatable bonds is 28. The van der Waals surface area contributed by atoms with Crippen LogP contribution < -0.4 is 10.1 Å². The highest BCUT2D eigenvalue weighted by Gasteiger charge is 2.49. The molecule has 54 heavy (non-hydrogen) atoms. The molecule has 1 aromatic carbocycles. The quantitative estimate of drug-likeness (QED) is 0.0494. The molecule has 0 bridgehead atoms. The second kappa shape index (κ2) is 25.2. The van der Waals surface area contributed by atoms with Gasteiger partial charge in [0.25, 0.3) is 0 Å². The van der Waals surface area contributed by atoms with Crippen LogP contribution >= 0.6 is 0 Å². The van der Waals surface area contributed by atoms with Crippen LogP contribution in [0, 0.1) is 5.92 Å². The number of unbranched alkanes of at least 4 members (excludes halogenated alkanes) is 9. The molecule has 11 heteroatoms. The van der Waals surface area contributed by atoms with E-state index in [4.69, 9.17) is 28.4 Å². The molecule has 0 spiro atoms. The molecule has 3 atom stereocenters. The Kier molecular flexibility index (Phi) is 22.0. The zero-order valence-electron chi connectivity index (χ0n) is 34.4. The van der Waals surface area contributed by atoms with Crippen LogP contribution in [0.5, 0.6) is 5.75 Å². The predicted octanol–water partition coefficient (Wildman–Crippen LogP) is 7.79. The van der Waals surface area contributed by atoms with Gasteiger partial charge in [0.05, 0.1) is 32.8 Å². The molecular formula is C43H71NO10. The predicted molar refractivity (Wildman–Crippen MR) is 210 cm³/mol. The molecule has 0 aliphatic carbocycles. The van der Waals surface area contributed by atoms with E-state index in [1.54, 1.807) is 26.8 Å². The minimum absolute atomic E-state index is 0.00582. The summed E-state index contributed by atoms with van der Waals surface area (Å²) in [5.74, 6) is -3.42. The lowest BCUT2D eigenvalue weighted by atomic mass is 9.82. The van der Waals surface area contributed by atoms with Crippen molar-refractivity contribution in [2.45, 2.75) is 160 Å². The molecule has 1 aliphatic rings. The van der Waals surface area contributed by atoms with E-state index in [0.717, 1.165) is 63.4 Å². The smallest absolute Gasteiger partial charge is 0.339 e. The van der Waals surface area contributed by atoms with Gasteiger partial charge in [0.1, 0.15) is 17.4 Å². The molecule has 0 aromatic heterocycles. The summed E-state index contributed by atoms with van der Waals surface area (Å²) in [6, 6.07) is 6.23. The number of amides is 1. The van der Waals surface area contributed by atoms with Crippen LogP contribution in [-0.2, 0) is 44.5 Å². The molecule has 1 heterocycles. The Bertz CT molecular complexity index is 1240. The Morgan fingerprint density at radius 2 is 1.48 bits per heavy atom. The number of ether oxygens (including phenoxy) is 6. The standard InChI is InChI=1S/C43H71NO10/c1-8-10-12-16-19-26-42(52-31-32-53-42)27-20-17-14-13-15-18-21-36(43(48,28-30-49-6)40(47)54-41(3,4)5)38(45)44-37(39(46)50-7)33-34-22-24-35(25-23-34)51-29-11-9-2/h18,21-25,36-37,48H,8-17,19-20,26-33H2,1-7H3,(H,44,45)/b21-18+/t36-,37?,43+/m1/s1. The summed E-state index contributed by atoms with van der Waals surface area (Å²) in [5, 5.41) is 14.8. The van der Waals surface area contributed by atoms with Crippen molar-refractivity contribution < 1.29 is 47.9 Å². The Labute approximate surface area is 325 Å². The number of esters is 2. The van der Waals surface area contributed by atoms with E-state index >= 15 is 0 Å². The highest BCUT2D eigenvalue weighted by molar-refractivity contribution is 5.93. The van der Waals surface area contributed by atoms with Gasteiger partial charge < -0.3 is 38.8 Å². The van der Waals surface area contributed by atoms with Gasteiger partial charge in [-0.2, -0.15) is 0 Å². The maximum Gasteiger partial charge on any atom is 0.339 e. The number of carbonyl (C=O) groups is 3. The van der Waals surface area contributed by atoms with E-state index in [0.29, 0.717) is 32.0 Å². The molecule has 1 saturated heterocycles. The van der Waals surface area contributed by atoms with Gasteiger partial charge in [-0.25, -0.2) is 9.59 Å². The maximum absolute atomic E-state index is 14.1. The lowest BCUT2D eigenvalue weighted by Crippen LogP contribution is -2.56. The minimum atomic E-state index is -2.27. The van der Waals surface area contributed by atoms with Crippen molar-refractivity contribution in [3.63, 3.8) is 0 Å². The van der Waals surface area contributed by atoms with Gasteiger partial charge in [0.15, 0.2) is 11.4 Å². The topological polar surface area (TPSA) is 139 Å². The average Bonchev–Trinajstić information content (AvgIpc) is 3.61. The number of allylic oxidation sites excluding steroid dienone is 1. The molecule has 308 valence electrons. The molecule has 11 nitrogen and oxygen atoms in total. The van der Waals surface area contributed by atoms with Crippen LogP contribution in [-0.4, -0.2) is 86.6 Å². The van der Waals surface area contributed by atoms with Crippen molar-refractivity contribution in [1.82, 2.24) is 5.32 Å². The van der Waals surface area contributed by atoms with Gasteiger partial charge in [-0.1, -0.05) is 83.1 Å². The first-order chi connectivity index (χ1) is 25.8. The normalized spacial score (nSPS) is 16.4. The third-order valence-electron chi connectivity index (χ3n) is 9.65. The van der Waals surface area contributed by atoms with Gasteiger partial charge >= 0.3 is 11.9 Å². The number of carbonyl (C=O) groups excluding carboxylic acids is 3. The van der Waals surface area contributed by atoms with E-state index in [1.807, 2.05) is 30.3 Å². The second-order valence-corrected chi connectivity index (χ2v) is 15.4. The summed E-state index contributed by atoms with van der Waals surface area (Å²) < 4.78 is 33.8. The molecular weight excluding hydrogens is 690 g/mol. The fourth-order valence-electron chi connectivity index (χ4n) is 6.51. The third kappa shape index (κ3) is 17.2. The van der Waals surface area contributed by atoms with Crippen molar-refractivity contribution >= 4 is 17.8 Å². The van der Waals surface area contributed by atoms with Crippen LogP contribution in [0.25, 0.3) is 0 Å². The van der Waals surface area contributed by atoms with Crippen molar-refractivity contribution in [2.75, 3.05) is 40.6 Å². The molecule has 0 radical (unpaired) electrons. The molecule has 2 N–H and O–H groups in total. The van der Waals surface area contributed by atoms with Crippen molar-refractivity contribution in [1.29, 1.82) is 0 Å². The summed E-state index contributed by atoms with van der Waals surface area (Å²) in [6.45, 7) is 11.3. The van der Waals surface area contributed by atoms with Gasteiger partial charge in [-0.3, -0.25) is 4.79 Å². The molecule has 1 aliphatic heterocycles. The number of aliphatic hydroxyl groups is 1. The maximum atomic E-state index is 14.1. The highest BCUT2D eigenvalue weighted by Crippen LogP contribution is 2.32. The number of methoxy groups -OCH3 is 2. The third-order valence-corrected chi connectivity index (χ3v) is 9.65. The van der Waals surface area contributed by atoms with E-state index < -0.39 is 46.8 Å². The lowest BCUT2D eigenvalue weighted by molar-refractivity contribution is -0.185. The van der Waals surface area contributed by atoms with Gasteiger partial charge in [0, 0.05) is 39.4 Å². The van der Waals surface area contributed by atoms with Crippen LogP contribution in [0.1, 0.15) is 136 Å². The first-order valence-electron chi connectivity index (χ1n) is 20.3. The molecule has 1 fully saturated rings. The van der Waals surface area contributed by atoms with Gasteiger partial charge in [0.2, 0.25) is 5.91 Å². The molecule has 1 aromatic rings. The number of hydrogen-bond acceptors (Lipinski definition) is 10. The summed E-state index contributed by atoms with van der Waals surface area (Å²) in [6.07, 6.45) is 17.6. The Morgan fingerprint density at radius 3 is 2.06 bits per heavy atom. The Hall–Kier alpha value is -2.99. The summed E-state index contributed by atoms with van der Waals surface area (Å²) >= 11 is 0. The van der Waals surface area contributed by atoms with Crippen LogP contribution in [0.3, 0.4) is 0 Å². The fraction of sp³-hybridized carbons (Fsp3) is 0.744.